The van der Waals surface area contributed by atoms with Gasteiger partial charge in [0, 0.05) is 35.9 Å². The van der Waals surface area contributed by atoms with Crippen LogP contribution in [0.3, 0.4) is 0 Å². The summed E-state index contributed by atoms with van der Waals surface area (Å²) >= 11 is 10.2. The molecule has 8 heteroatoms. The van der Waals surface area contributed by atoms with Gasteiger partial charge in [-0.15, -0.1) is 35.3 Å². The number of hydrogen-bond acceptors (Lipinski definition) is 7. The van der Waals surface area contributed by atoms with E-state index >= 15 is 0 Å². The van der Waals surface area contributed by atoms with E-state index in [1.807, 2.05) is 0 Å². The zero-order valence-electron chi connectivity index (χ0n) is 49.2. The van der Waals surface area contributed by atoms with Gasteiger partial charge < -0.3 is 4.74 Å². The summed E-state index contributed by atoms with van der Waals surface area (Å²) in [6, 6.07) is 2.37. The Bertz CT molecular complexity index is 2130. The normalized spacial score (nSPS) is 13.5. The molecule has 0 saturated heterocycles. The summed E-state index contributed by atoms with van der Waals surface area (Å²) in [7, 11) is 0. The van der Waals surface area contributed by atoms with Crippen molar-refractivity contribution < 1.29 is 14.3 Å². The van der Waals surface area contributed by atoms with Gasteiger partial charge in [0.05, 0.1) is 22.6 Å². The van der Waals surface area contributed by atoms with E-state index in [9.17, 15) is 9.59 Å². The molecule has 0 spiro atoms. The number of hydrogen-bond donors (Lipinski definition) is 1. The molecule has 416 valence electrons. The quantitative estimate of drug-likeness (QED) is 0.0182. The van der Waals surface area contributed by atoms with Gasteiger partial charge in [0.15, 0.2) is 0 Å². The molecule has 2 amide bonds. The first kappa shape index (κ1) is 67.3. The number of imide groups is 1. The highest BCUT2D eigenvalue weighted by Crippen LogP contribution is 2.50. The summed E-state index contributed by atoms with van der Waals surface area (Å²) < 4.78 is 5.53. The van der Waals surface area contributed by atoms with Gasteiger partial charge in [0.1, 0.15) is 5.76 Å². The predicted molar refractivity (Wildman–Crippen MR) is 338 cm³/mol. The first-order valence-corrected chi connectivity index (χ1v) is 32.3. The lowest BCUT2D eigenvalue weighted by atomic mass is 9.91. The van der Waals surface area contributed by atoms with Crippen molar-refractivity contribution in [2.75, 3.05) is 13.2 Å². The van der Waals surface area contributed by atoms with Crippen molar-refractivity contribution in [1.82, 2.24) is 4.90 Å². The fraction of sp³-hybridized carbons (Fsp3) is 0.636. The molecule has 0 aromatic carbocycles. The van der Waals surface area contributed by atoms with Crippen LogP contribution in [0.25, 0.3) is 14.7 Å². The molecule has 0 atom stereocenters. The monoisotopic (exact) mass is 1090 g/mol. The van der Waals surface area contributed by atoms with E-state index in [-0.39, 0.29) is 23.1 Å². The molecule has 2 aromatic heterocycles. The SMILES string of the molecule is C=C(S/C(=C\C)c1cc(CCCCCCCCCCCC)c(-c2sc(C(C)C)c3c2C(=O)N(CCCC)C3=O)s1)/C(S)=C/C(=C/C(C)(C)C)CCCCCCCCCCC.C=C/C(=C\CC=C(C)C)OCCCC. The number of aryl methyl sites for hydroxylation is 1. The van der Waals surface area contributed by atoms with Gasteiger partial charge in [0.2, 0.25) is 0 Å². The predicted octanol–water partition coefficient (Wildman–Crippen LogP) is 23.0. The number of carbonyl (C=O) groups is 2. The highest BCUT2D eigenvalue weighted by Gasteiger charge is 2.42. The van der Waals surface area contributed by atoms with Crippen LogP contribution in [0.5, 0.6) is 0 Å². The van der Waals surface area contributed by atoms with E-state index < -0.39 is 0 Å². The molecule has 3 rings (SSSR count). The summed E-state index contributed by atoms with van der Waals surface area (Å²) in [5.41, 5.74) is 5.36. The number of nitrogens with zero attached hydrogens (tertiary/aromatic N) is 1. The highest BCUT2D eigenvalue weighted by molar-refractivity contribution is 8.13. The lowest BCUT2D eigenvalue weighted by molar-refractivity contribution is 0.0652. The van der Waals surface area contributed by atoms with E-state index in [4.69, 9.17) is 17.4 Å². The second-order valence-corrected chi connectivity index (χ2v) is 25.8. The number of unbranched alkanes of at least 4 members (excludes halogenated alkanes) is 19. The zero-order chi connectivity index (χ0) is 54.9. The Morgan fingerprint density at radius 3 is 1.80 bits per heavy atom. The van der Waals surface area contributed by atoms with Gasteiger partial charge in [-0.25, -0.2) is 0 Å². The minimum atomic E-state index is -0.109. The van der Waals surface area contributed by atoms with Crippen LogP contribution in [0.15, 0.2) is 82.4 Å². The van der Waals surface area contributed by atoms with Crippen molar-refractivity contribution in [3.63, 3.8) is 0 Å². The highest BCUT2D eigenvalue weighted by atomic mass is 32.2. The summed E-state index contributed by atoms with van der Waals surface area (Å²) in [5, 5.41) is 0. The summed E-state index contributed by atoms with van der Waals surface area (Å²) in [4.78, 5) is 36.9. The molecule has 0 saturated carbocycles. The molecule has 0 radical (unpaired) electrons. The Kier molecular flexibility index (Phi) is 35.2. The van der Waals surface area contributed by atoms with E-state index in [2.05, 4.69) is 133 Å². The third kappa shape index (κ3) is 25.6. The minimum Gasteiger partial charge on any atom is -0.494 e. The smallest absolute Gasteiger partial charge is 0.263 e. The van der Waals surface area contributed by atoms with Gasteiger partial charge >= 0.3 is 0 Å². The Labute approximate surface area is 473 Å². The van der Waals surface area contributed by atoms with Crippen molar-refractivity contribution in [2.24, 2.45) is 5.41 Å². The molecule has 3 heterocycles. The van der Waals surface area contributed by atoms with Crippen LogP contribution >= 0.6 is 47.1 Å². The summed E-state index contributed by atoms with van der Waals surface area (Å²) in [6.45, 7) is 35.8. The summed E-state index contributed by atoms with van der Waals surface area (Å²) in [5.74, 6) is 0.848. The Morgan fingerprint density at radius 1 is 0.743 bits per heavy atom. The van der Waals surface area contributed by atoms with Crippen LogP contribution in [0, 0.1) is 5.41 Å². The topological polar surface area (TPSA) is 46.6 Å². The molecule has 1 aliphatic rings. The molecular formula is C66H105NO3S4. The number of thiol groups is 1. The number of thioether (sulfide) groups is 1. The van der Waals surface area contributed by atoms with Crippen LogP contribution in [0.1, 0.15) is 286 Å². The number of allylic oxidation sites excluding steroid dienone is 8. The molecule has 4 nitrogen and oxygen atoms in total. The van der Waals surface area contributed by atoms with E-state index in [1.165, 1.54) is 148 Å². The lowest BCUT2D eigenvalue weighted by Gasteiger charge is -2.16. The van der Waals surface area contributed by atoms with Crippen molar-refractivity contribution >= 4 is 63.8 Å². The minimum absolute atomic E-state index is 0.0799. The van der Waals surface area contributed by atoms with Crippen LogP contribution in [-0.4, -0.2) is 29.9 Å². The van der Waals surface area contributed by atoms with Crippen molar-refractivity contribution in [3.8, 4) is 9.75 Å². The number of thiophene rings is 2. The lowest BCUT2D eigenvalue weighted by Crippen LogP contribution is -2.31. The number of ether oxygens (including phenoxy) is 1. The average Bonchev–Trinajstić information content (AvgIpc) is 4.03. The van der Waals surface area contributed by atoms with E-state index in [0.717, 1.165) is 86.7 Å². The largest absolute Gasteiger partial charge is 0.494 e. The molecule has 74 heavy (non-hydrogen) atoms. The number of fused-ring (bicyclic) bond motifs is 1. The Hall–Kier alpha value is -2.78. The molecule has 2 aromatic rings. The summed E-state index contributed by atoms with van der Waals surface area (Å²) in [6.07, 6.45) is 44.8. The third-order valence-corrected chi connectivity index (χ3v) is 18.0. The van der Waals surface area contributed by atoms with Crippen LogP contribution in [-0.2, 0) is 11.2 Å². The molecule has 0 unspecified atom stereocenters. The fourth-order valence-corrected chi connectivity index (χ4v) is 13.0. The second kappa shape index (κ2) is 38.7. The number of amides is 2. The first-order chi connectivity index (χ1) is 35.5. The maximum absolute atomic E-state index is 14.1. The zero-order valence-corrected chi connectivity index (χ0v) is 52.5. The fourth-order valence-electron chi connectivity index (χ4n) is 9.06. The van der Waals surface area contributed by atoms with Crippen molar-refractivity contribution in [3.05, 3.63) is 109 Å². The van der Waals surface area contributed by atoms with Crippen molar-refractivity contribution in [1.29, 1.82) is 0 Å². The van der Waals surface area contributed by atoms with Crippen LogP contribution in [0.4, 0.5) is 0 Å². The molecule has 0 fully saturated rings. The Morgan fingerprint density at radius 2 is 1.28 bits per heavy atom. The van der Waals surface area contributed by atoms with Crippen molar-refractivity contribution in [2.45, 2.75) is 256 Å². The molecule has 1 aliphatic heterocycles. The molecular weight excluding hydrogens is 983 g/mol. The first-order valence-electron chi connectivity index (χ1n) is 29.4. The average molecular weight is 1090 g/mol. The van der Waals surface area contributed by atoms with E-state index in [1.54, 1.807) is 40.5 Å². The third-order valence-electron chi connectivity index (χ3n) is 13.3. The van der Waals surface area contributed by atoms with E-state index in [0.29, 0.717) is 17.7 Å². The standard InChI is InChI=1S/C53H83NO2S4.C13H22O/c1-11-15-18-20-22-24-26-28-30-32-34-42-37-45(59-49(42)50-47-46(48(60-50)39(5)6)51(55)54(52(47)56)35-17-13-3)44(14-4)58-40(7)43(57)36-41(38-53(8,9)10)33-31-29-27-25-23-21-19-16-12-2;1-5-7-11-14-13(6-2)10-8-9-12(3)4/h14,36-39,57H,7,11-13,15-35H2,1-6,8-10H3;6,9-10H,2,5,7-8,11H2,1,3-4H3/b41-38+,43-36-,44-14-;13-10+. The molecule has 0 bridgehead atoms. The second-order valence-electron chi connectivity index (χ2n) is 22.1. The van der Waals surface area contributed by atoms with Gasteiger partial charge in [-0.05, 0) is 107 Å². The molecule has 0 N–H and O–H groups in total. The van der Waals surface area contributed by atoms with Gasteiger partial charge in [-0.2, -0.15) is 0 Å². The van der Waals surface area contributed by atoms with Gasteiger partial charge in [-0.3, -0.25) is 14.5 Å². The van der Waals surface area contributed by atoms with Crippen LogP contribution < -0.4 is 0 Å². The number of rotatable bonds is 38. The maximum Gasteiger partial charge on any atom is 0.263 e. The van der Waals surface area contributed by atoms with Gasteiger partial charge in [-0.1, -0.05) is 239 Å². The Balaban J connectivity index is 0.00000116. The van der Waals surface area contributed by atoms with Gasteiger partial charge in [0.25, 0.3) is 11.8 Å². The number of carbonyl (C=O) groups excluding carboxylic acids is 2. The maximum atomic E-state index is 14.1. The van der Waals surface area contributed by atoms with Crippen LogP contribution in [0.2, 0.25) is 0 Å². The molecule has 0 aliphatic carbocycles.